The van der Waals surface area contributed by atoms with Gasteiger partial charge in [0.1, 0.15) is 0 Å². The minimum atomic E-state index is -0.892. The van der Waals surface area contributed by atoms with Crippen LogP contribution in [0.25, 0.3) is 0 Å². The van der Waals surface area contributed by atoms with Crippen molar-refractivity contribution in [2.75, 3.05) is 6.54 Å². The van der Waals surface area contributed by atoms with Crippen molar-refractivity contribution in [2.45, 2.75) is 39.7 Å². The molecule has 0 bridgehead atoms. The smallest absolute Gasteiger partial charge is 0.307 e. The number of fused-ring (bicyclic) bond motifs is 1. The first-order valence-electron chi connectivity index (χ1n) is 5.90. The van der Waals surface area contributed by atoms with Crippen LogP contribution in [0.4, 0.5) is 0 Å². The van der Waals surface area contributed by atoms with Gasteiger partial charge in [-0.25, -0.2) is 0 Å². The van der Waals surface area contributed by atoms with E-state index >= 15 is 0 Å². The van der Waals surface area contributed by atoms with Crippen LogP contribution in [-0.4, -0.2) is 35.3 Å². The van der Waals surface area contributed by atoms with E-state index in [1.165, 1.54) is 4.90 Å². The van der Waals surface area contributed by atoms with Gasteiger partial charge in [-0.2, -0.15) is 0 Å². The van der Waals surface area contributed by atoms with Gasteiger partial charge in [0.25, 0.3) is 5.91 Å². The molecule has 2 atom stereocenters. The molecule has 2 heterocycles. The molecule has 2 aliphatic heterocycles. The van der Waals surface area contributed by atoms with E-state index in [1.54, 1.807) is 6.92 Å². The quantitative estimate of drug-likeness (QED) is 0.499. The van der Waals surface area contributed by atoms with E-state index in [4.69, 9.17) is 4.74 Å². The van der Waals surface area contributed by atoms with Crippen LogP contribution in [-0.2, 0) is 19.1 Å². The Labute approximate surface area is 100 Å². The van der Waals surface area contributed by atoms with Gasteiger partial charge < -0.3 is 4.74 Å². The van der Waals surface area contributed by atoms with Crippen LogP contribution in [0.3, 0.4) is 0 Å². The van der Waals surface area contributed by atoms with Crippen molar-refractivity contribution < 1.29 is 19.1 Å². The molecule has 2 rings (SSSR count). The van der Waals surface area contributed by atoms with E-state index in [0.29, 0.717) is 13.0 Å². The zero-order valence-corrected chi connectivity index (χ0v) is 10.4. The number of nitrogens with zero attached hydrogens (tertiary/aromatic N) is 1. The lowest BCUT2D eigenvalue weighted by molar-refractivity contribution is -0.157. The van der Waals surface area contributed by atoms with E-state index in [0.717, 1.165) is 0 Å². The van der Waals surface area contributed by atoms with Crippen LogP contribution in [0.1, 0.15) is 33.6 Å². The van der Waals surface area contributed by atoms with Crippen molar-refractivity contribution in [3.8, 4) is 0 Å². The van der Waals surface area contributed by atoms with Crippen LogP contribution in [0, 0.1) is 11.3 Å². The van der Waals surface area contributed by atoms with Gasteiger partial charge >= 0.3 is 5.97 Å². The molecule has 2 amide bonds. The van der Waals surface area contributed by atoms with Gasteiger partial charge in [-0.05, 0) is 18.8 Å². The second kappa shape index (κ2) is 3.82. The Kier molecular flexibility index (Phi) is 2.72. The van der Waals surface area contributed by atoms with Gasteiger partial charge in [-0.3, -0.25) is 19.3 Å². The summed E-state index contributed by atoms with van der Waals surface area (Å²) in [6.45, 7) is 5.92. The summed E-state index contributed by atoms with van der Waals surface area (Å²) in [6, 6.07) is 0. The number of esters is 1. The fourth-order valence-corrected chi connectivity index (χ4v) is 2.64. The first-order chi connectivity index (χ1) is 7.85. The summed E-state index contributed by atoms with van der Waals surface area (Å²) in [5.41, 5.74) is -0.295. The van der Waals surface area contributed by atoms with E-state index in [-0.39, 0.29) is 29.6 Å². The highest BCUT2D eigenvalue weighted by atomic mass is 16.6. The minimum absolute atomic E-state index is 0.203. The first-order valence-corrected chi connectivity index (χ1v) is 5.90. The Morgan fingerprint density at radius 2 is 1.94 bits per heavy atom. The van der Waals surface area contributed by atoms with Gasteiger partial charge in [-0.15, -0.1) is 0 Å². The molecule has 0 aliphatic carbocycles. The number of hydrogen-bond donors (Lipinski definition) is 0. The lowest BCUT2D eigenvalue weighted by Gasteiger charge is -2.22. The molecule has 0 aromatic carbocycles. The molecule has 0 spiro atoms. The highest BCUT2D eigenvalue weighted by molar-refractivity contribution is 6.07. The number of hydrogen-bond acceptors (Lipinski definition) is 4. The van der Waals surface area contributed by atoms with Crippen molar-refractivity contribution in [1.82, 2.24) is 4.90 Å². The summed E-state index contributed by atoms with van der Waals surface area (Å²) in [5, 5.41) is 0. The van der Waals surface area contributed by atoms with Crippen molar-refractivity contribution in [2.24, 2.45) is 11.3 Å². The van der Waals surface area contributed by atoms with Gasteiger partial charge in [0, 0.05) is 6.54 Å². The van der Waals surface area contributed by atoms with Gasteiger partial charge in [0.05, 0.1) is 12.3 Å². The molecule has 2 saturated heterocycles. The summed E-state index contributed by atoms with van der Waals surface area (Å²) >= 11 is 0. The lowest BCUT2D eigenvalue weighted by atomic mass is 9.80. The van der Waals surface area contributed by atoms with Crippen LogP contribution < -0.4 is 0 Å². The second-order valence-corrected chi connectivity index (χ2v) is 5.48. The highest BCUT2D eigenvalue weighted by Gasteiger charge is 2.53. The summed E-state index contributed by atoms with van der Waals surface area (Å²) in [6.07, 6.45) is -0.117. The molecule has 0 unspecified atom stereocenters. The molecule has 17 heavy (non-hydrogen) atoms. The average Bonchev–Trinajstić information content (AvgIpc) is 2.36. The number of amides is 2. The second-order valence-electron chi connectivity index (χ2n) is 5.48. The van der Waals surface area contributed by atoms with Gasteiger partial charge in [0.15, 0.2) is 6.10 Å². The molecule has 2 fully saturated rings. The standard InChI is InChI=1S/C12H17NO4/c1-4-13-10(15)7-5-12(2,3)6-8(14)17-9(7)11(13)16/h7,9H,4-6H2,1-3H3/t7-,9+/m1/s1. The molecule has 0 radical (unpaired) electrons. The predicted octanol–water partition coefficient (Wildman–Crippen LogP) is 0.723. The minimum Gasteiger partial charge on any atom is -0.451 e. The third kappa shape index (κ3) is 1.94. The summed E-state index contributed by atoms with van der Waals surface area (Å²) < 4.78 is 5.13. The SMILES string of the molecule is CCN1C(=O)[C@H]2OC(=O)CC(C)(C)C[C@H]2C1=O. The van der Waals surface area contributed by atoms with E-state index in [1.807, 2.05) is 13.8 Å². The molecule has 5 heteroatoms. The number of carbonyl (C=O) groups is 3. The fourth-order valence-electron chi connectivity index (χ4n) is 2.64. The summed E-state index contributed by atoms with van der Waals surface area (Å²) in [7, 11) is 0. The lowest BCUT2D eigenvalue weighted by Crippen LogP contribution is -2.33. The maximum Gasteiger partial charge on any atom is 0.307 e. The Morgan fingerprint density at radius 3 is 2.53 bits per heavy atom. The van der Waals surface area contributed by atoms with E-state index < -0.39 is 12.0 Å². The van der Waals surface area contributed by atoms with Gasteiger partial charge in [0.2, 0.25) is 5.91 Å². The molecule has 0 N–H and O–H groups in total. The largest absolute Gasteiger partial charge is 0.451 e. The van der Waals surface area contributed by atoms with Crippen molar-refractivity contribution in [3.63, 3.8) is 0 Å². The molecule has 0 aromatic rings. The molecule has 2 aliphatic rings. The Morgan fingerprint density at radius 1 is 1.29 bits per heavy atom. The van der Waals surface area contributed by atoms with E-state index in [2.05, 4.69) is 0 Å². The topological polar surface area (TPSA) is 63.7 Å². The Bertz CT molecular complexity index is 388. The molecule has 0 saturated carbocycles. The van der Waals surface area contributed by atoms with Crippen LogP contribution >= 0.6 is 0 Å². The van der Waals surface area contributed by atoms with E-state index in [9.17, 15) is 14.4 Å². The van der Waals surface area contributed by atoms with Crippen LogP contribution in [0.15, 0.2) is 0 Å². The molecule has 0 aromatic heterocycles. The number of imide groups is 1. The maximum absolute atomic E-state index is 12.0. The maximum atomic E-state index is 12.0. The predicted molar refractivity (Wildman–Crippen MR) is 58.8 cm³/mol. The fraction of sp³-hybridized carbons (Fsp3) is 0.750. The zero-order chi connectivity index (χ0) is 12.8. The highest BCUT2D eigenvalue weighted by Crippen LogP contribution is 2.39. The molecule has 94 valence electrons. The number of ether oxygens (including phenoxy) is 1. The Hall–Kier alpha value is -1.39. The number of likely N-dealkylation sites (tertiary alicyclic amines) is 1. The third-order valence-electron chi connectivity index (χ3n) is 3.43. The van der Waals surface area contributed by atoms with Crippen LogP contribution in [0.5, 0.6) is 0 Å². The number of likely N-dealkylation sites (N-methyl/N-ethyl adjacent to an activating group) is 1. The summed E-state index contributed by atoms with van der Waals surface area (Å²) in [5.74, 6) is -1.45. The molecular formula is C12H17NO4. The van der Waals surface area contributed by atoms with Crippen LogP contribution in [0.2, 0.25) is 0 Å². The zero-order valence-electron chi connectivity index (χ0n) is 10.4. The molecule has 5 nitrogen and oxygen atoms in total. The third-order valence-corrected chi connectivity index (χ3v) is 3.43. The Balaban J connectivity index is 2.33. The number of carbonyl (C=O) groups excluding carboxylic acids is 3. The summed E-state index contributed by atoms with van der Waals surface area (Å²) in [4.78, 5) is 36.7. The monoisotopic (exact) mass is 239 g/mol. The normalized spacial score (nSPS) is 32.2. The van der Waals surface area contributed by atoms with Crippen molar-refractivity contribution in [3.05, 3.63) is 0 Å². The number of rotatable bonds is 1. The first kappa shape index (κ1) is 12.1. The van der Waals surface area contributed by atoms with Crippen molar-refractivity contribution in [1.29, 1.82) is 0 Å². The van der Waals surface area contributed by atoms with Gasteiger partial charge in [-0.1, -0.05) is 13.8 Å². The van der Waals surface area contributed by atoms with Crippen molar-refractivity contribution >= 4 is 17.8 Å². The molecular weight excluding hydrogens is 222 g/mol. The average molecular weight is 239 g/mol.